The van der Waals surface area contributed by atoms with Crippen molar-refractivity contribution in [2.45, 2.75) is 19.4 Å². The number of aliphatic hydroxyl groups is 1. The van der Waals surface area contributed by atoms with E-state index in [1.807, 2.05) is 24.3 Å². The van der Waals surface area contributed by atoms with Gasteiger partial charge in [0, 0.05) is 18.9 Å². The molecule has 1 atom stereocenters. The molecule has 0 aliphatic rings. The van der Waals surface area contributed by atoms with Crippen LogP contribution in [0.4, 0.5) is 0 Å². The van der Waals surface area contributed by atoms with Gasteiger partial charge in [0.25, 0.3) is 0 Å². The van der Waals surface area contributed by atoms with Crippen molar-refractivity contribution in [1.82, 2.24) is 4.98 Å². The van der Waals surface area contributed by atoms with Crippen molar-refractivity contribution in [3.8, 4) is 11.6 Å². The molecule has 1 N–H and O–H groups in total. The lowest BCUT2D eigenvalue weighted by Gasteiger charge is -2.11. The van der Waals surface area contributed by atoms with Gasteiger partial charge >= 0.3 is 0 Å². The molecule has 0 bridgehead atoms. The van der Waals surface area contributed by atoms with Gasteiger partial charge in [-0.1, -0.05) is 12.1 Å². The van der Waals surface area contributed by atoms with Gasteiger partial charge in [-0.25, -0.2) is 4.98 Å². The molecule has 0 saturated heterocycles. The molecule has 0 spiro atoms. The van der Waals surface area contributed by atoms with E-state index < -0.39 is 6.10 Å². The Hall–Kier alpha value is -1.91. The minimum absolute atomic E-state index is 0.437. The SMILES string of the molecule is COCCc1ccc(Oc2ncccc2[C@@H](C)O)cc1. The molecule has 0 aliphatic carbocycles. The second kappa shape index (κ2) is 7.03. The number of hydrogen-bond acceptors (Lipinski definition) is 4. The van der Waals surface area contributed by atoms with Gasteiger partial charge < -0.3 is 14.6 Å². The van der Waals surface area contributed by atoms with E-state index >= 15 is 0 Å². The molecule has 4 heteroatoms. The van der Waals surface area contributed by atoms with Crippen molar-refractivity contribution in [1.29, 1.82) is 0 Å². The minimum atomic E-state index is -0.611. The largest absolute Gasteiger partial charge is 0.439 e. The summed E-state index contributed by atoms with van der Waals surface area (Å²) in [5.74, 6) is 1.14. The second-order valence-electron chi connectivity index (χ2n) is 4.56. The third kappa shape index (κ3) is 3.79. The fourth-order valence-electron chi connectivity index (χ4n) is 1.86. The average molecular weight is 273 g/mol. The Bertz CT molecular complexity index is 538. The molecule has 106 valence electrons. The van der Waals surface area contributed by atoms with E-state index in [0.29, 0.717) is 23.8 Å². The van der Waals surface area contributed by atoms with Gasteiger partial charge in [-0.05, 0) is 43.2 Å². The van der Waals surface area contributed by atoms with Gasteiger partial charge in [-0.15, -0.1) is 0 Å². The fraction of sp³-hybridized carbons (Fsp3) is 0.312. The first-order chi connectivity index (χ1) is 9.70. The Morgan fingerprint density at radius 2 is 1.95 bits per heavy atom. The molecular weight excluding hydrogens is 254 g/mol. The number of aliphatic hydroxyl groups excluding tert-OH is 1. The zero-order valence-electron chi connectivity index (χ0n) is 11.7. The Morgan fingerprint density at radius 1 is 1.20 bits per heavy atom. The first kappa shape index (κ1) is 14.5. The van der Waals surface area contributed by atoms with Gasteiger partial charge in [0.2, 0.25) is 5.88 Å². The molecule has 1 heterocycles. The highest BCUT2D eigenvalue weighted by Gasteiger charge is 2.10. The smallest absolute Gasteiger partial charge is 0.225 e. The van der Waals surface area contributed by atoms with Crippen LogP contribution in [-0.2, 0) is 11.2 Å². The number of methoxy groups -OCH3 is 1. The summed E-state index contributed by atoms with van der Waals surface area (Å²) in [6.07, 6.45) is 1.91. The molecule has 0 unspecified atom stereocenters. The number of hydrogen-bond donors (Lipinski definition) is 1. The van der Waals surface area contributed by atoms with Crippen LogP contribution in [0, 0.1) is 0 Å². The monoisotopic (exact) mass is 273 g/mol. The molecule has 0 amide bonds. The summed E-state index contributed by atoms with van der Waals surface area (Å²) in [4.78, 5) is 4.17. The van der Waals surface area contributed by atoms with Crippen molar-refractivity contribution in [3.63, 3.8) is 0 Å². The predicted octanol–water partition coefficient (Wildman–Crippen LogP) is 3.12. The van der Waals surface area contributed by atoms with Crippen LogP contribution in [0.3, 0.4) is 0 Å². The van der Waals surface area contributed by atoms with E-state index in [1.165, 1.54) is 5.56 Å². The lowest BCUT2D eigenvalue weighted by Crippen LogP contribution is -1.98. The highest BCUT2D eigenvalue weighted by molar-refractivity contribution is 5.34. The number of nitrogens with zero attached hydrogens (tertiary/aromatic N) is 1. The Kier molecular flexibility index (Phi) is 5.09. The van der Waals surface area contributed by atoms with Crippen LogP contribution >= 0.6 is 0 Å². The van der Waals surface area contributed by atoms with Gasteiger partial charge in [-0.3, -0.25) is 0 Å². The van der Waals surface area contributed by atoms with Crippen molar-refractivity contribution in [2.75, 3.05) is 13.7 Å². The maximum absolute atomic E-state index is 9.69. The first-order valence-electron chi connectivity index (χ1n) is 6.59. The summed E-state index contributed by atoms with van der Waals surface area (Å²) >= 11 is 0. The van der Waals surface area contributed by atoms with Crippen LogP contribution in [0.25, 0.3) is 0 Å². The molecule has 0 saturated carbocycles. The third-order valence-corrected chi connectivity index (χ3v) is 2.98. The molecule has 0 radical (unpaired) electrons. The Labute approximate surface area is 119 Å². The van der Waals surface area contributed by atoms with Crippen molar-refractivity contribution in [3.05, 3.63) is 53.7 Å². The van der Waals surface area contributed by atoms with Crippen LogP contribution < -0.4 is 4.74 Å². The molecule has 1 aromatic carbocycles. The van der Waals surface area contributed by atoms with Gasteiger partial charge in [0.05, 0.1) is 12.7 Å². The molecule has 2 rings (SSSR count). The highest BCUT2D eigenvalue weighted by atomic mass is 16.5. The van der Waals surface area contributed by atoms with E-state index in [2.05, 4.69) is 4.98 Å². The topological polar surface area (TPSA) is 51.6 Å². The van der Waals surface area contributed by atoms with E-state index in [-0.39, 0.29) is 0 Å². The lowest BCUT2D eigenvalue weighted by atomic mass is 10.1. The zero-order chi connectivity index (χ0) is 14.4. The van der Waals surface area contributed by atoms with Crippen LogP contribution in [0.5, 0.6) is 11.6 Å². The molecule has 2 aromatic rings. The lowest BCUT2D eigenvalue weighted by molar-refractivity contribution is 0.194. The number of ether oxygens (including phenoxy) is 2. The molecular formula is C16H19NO3. The van der Waals surface area contributed by atoms with Crippen molar-refractivity contribution < 1.29 is 14.6 Å². The number of aromatic nitrogens is 1. The highest BCUT2D eigenvalue weighted by Crippen LogP contribution is 2.27. The third-order valence-electron chi connectivity index (χ3n) is 2.98. The summed E-state index contributed by atoms with van der Waals surface area (Å²) in [6.45, 7) is 2.39. The number of pyridine rings is 1. The fourth-order valence-corrected chi connectivity index (χ4v) is 1.86. The average Bonchev–Trinajstić information content (AvgIpc) is 2.47. The molecule has 1 aromatic heterocycles. The first-order valence-corrected chi connectivity index (χ1v) is 6.59. The standard InChI is InChI=1S/C16H19NO3/c1-12(18)15-4-3-10-17-16(15)20-14-7-5-13(6-8-14)9-11-19-2/h3-8,10,12,18H,9,11H2,1-2H3/t12-/m1/s1. The van der Waals surface area contributed by atoms with Gasteiger partial charge in [0.15, 0.2) is 0 Å². The van der Waals surface area contributed by atoms with Crippen molar-refractivity contribution in [2.24, 2.45) is 0 Å². The van der Waals surface area contributed by atoms with Crippen molar-refractivity contribution >= 4 is 0 Å². The van der Waals surface area contributed by atoms with Crippen LogP contribution in [0.2, 0.25) is 0 Å². The molecule has 0 aliphatic heterocycles. The van der Waals surface area contributed by atoms with Crippen LogP contribution in [-0.4, -0.2) is 23.8 Å². The minimum Gasteiger partial charge on any atom is -0.439 e. The number of rotatable bonds is 6. The normalized spacial score (nSPS) is 12.2. The molecule has 20 heavy (non-hydrogen) atoms. The quantitative estimate of drug-likeness (QED) is 0.878. The van der Waals surface area contributed by atoms with E-state index in [4.69, 9.17) is 9.47 Å². The van der Waals surface area contributed by atoms with Gasteiger partial charge in [0.1, 0.15) is 5.75 Å². The summed E-state index contributed by atoms with van der Waals surface area (Å²) in [5, 5.41) is 9.69. The summed E-state index contributed by atoms with van der Waals surface area (Å²) < 4.78 is 10.8. The second-order valence-corrected chi connectivity index (χ2v) is 4.56. The molecule has 4 nitrogen and oxygen atoms in total. The van der Waals surface area contributed by atoms with E-state index in [0.717, 1.165) is 6.42 Å². The number of benzene rings is 1. The summed E-state index contributed by atoms with van der Waals surface area (Å²) in [5.41, 5.74) is 1.87. The van der Waals surface area contributed by atoms with E-state index in [1.54, 1.807) is 32.4 Å². The Balaban J connectivity index is 2.10. The van der Waals surface area contributed by atoms with E-state index in [9.17, 15) is 5.11 Å². The molecule has 0 fully saturated rings. The summed E-state index contributed by atoms with van der Waals surface area (Å²) in [6, 6.07) is 11.4. The summed E-state index contributed by atoms with van der Waals surface area (Å²) in [7, 11) is 1.69. The maximum Gasteiger partial charge on any atom is 0.225 e. The maximum atomic E-state index is 9.69. The predicted molar refractivity (Wildman–Crippen MR) is 77.0 cm³/mol. The van der Waals surface area contributed by atoms with Crippen LogP contribution in [0.1, 0.15) is 24.2 Å². The zero-order valence-corrected chi connectivity index (χ0v) is 11.7. The van der Waals surface area contributed by atoms with Crippen LogP contribution in [0.15, 0.2) is 42.6 Å². The van der Waals surface area contributed by atoms with Gasteiger partial charge in [-0.2, -0.15) is 0 Å². The Morgan fingerprint density at radius 3 is 2.60 bits per heavy atom.